The fourth-order valence-corrected chi connectivity index (χ4v) is 3.21. The van der Waals surface area contributed by atoms with Crippen LogP contribution in [0, 0.1) is 11.8 Å². The third kappa shape index (κ3) is 2.28. The van der Waals surface area contributed by atoms with Crippen molar-refractivity contribution in [3.63, 3.8) is 0 Å². The molecular formula is C14H25O2. The molecule has 1 unspecified atom stereocenters. The Morgan fingerprint density at radius 1 is 1.06 bits per heavy atom. The molecule has 93 valence electrons. The maximum absolute atomic E-state index is 6.33. The van der Waals surface area contributed by atoms with E-state index in [2.05, 4.69) is 27.7 Å². The summed E-state index contributed by atoms with van der Waals surface area (Å²) in [7, 11) is 0. The van der Waals surface area contributed by atoms with Gasteiger partial charge in [-0.15, -0.1) is 0 Å². The summed E-state index contributed by atoms with van der Waals surface area (Å²) >= 11 is 0. The molecule has 1 spiro atoms. The molecule has 2 aliphatic rings. The third-order valence-corrected chi connectivity index (χ3v) is 4.11. The van der Waals surface area contributed by atoms with Crippen LogP contribution in [0.15, 0.2) is 0 Å². The quantitative estimate of drug-likeness (QED) is 0.677. The molecule has 2 rings (SSSR count). The van der Waals surface area contributed by atoms with E-state index >= 15 is 0 Å². The molecule has 1 aliphatic carbocycles. The first-order valence-corrected chi connectivity index (χ1v) is 6.59. The minimum Gasteiger partial charge on any atom is -0.349 e. The molecule has 2 heteroatoms. The molecule has 2 fully saturated rings. The van der Waals surface area contributed by atoms with Crippen LogP contribution in [0.3, 0.4) is 0 Å². The molecule has 1 saturated heterocycles. The monoisotopic (exact) mass is 225 g/mol. The molecule has 0 aromatic rings. The average Bonchev–Trinajstić information content (AvgIpc) is 2.16. The van der Waals surface area contributed by atoms with Crippen molar-refractivity contribution in [2.45, 2.75) is 71.2 Å². The molecular weight excluding hydrogens is 200 g/mol. The van der Waals surface area contributed by atoms with E-state index in [4.69, 9.17) is 9.47 Å². The van der Waals surface area contributed by atoms with Gasteiger partial charge in [0.1, 0.15) is 0 Å². The lowest BCUT2D eigenvalue weighted by Gasteiger charge is -2.51. The predicted octanol–water partition coefficient (Wildman–Crippen LogP) is 3.70. The fraction of sp³-hybridized carbons (Fsp3) is 0.929. The lowest BCUT2D eigenvalue weighted by atomic mass is 9.80. The minimum absolute atomic E-state index is 0.0750. The van der Waals surface area contributed by atoms with Gasteiger partial charge in [0.15, 0.2) is 5.79 Å². The predicted molar refractivity (Wildman–Crippen MR) is 65.0 cm³/mol. The Kier molecular flexibility index (Phi) is 3.33. The summed E-state index contributed by atoms with van der Waals surface area (Å²) in [5.41, 5.74) is -0.0750. The summed E-state index contributed by atoms with van der Waals surface area (Å²) in [4.78, 5) is 0. The van der Waals surface area contributed by atoms with Crippen molar-refractivity contribution < 1.29 is 9.47 Å². The van der Waals surface area contributed by atoms with Crippen LogP contribution in [0.2, 0.25) is 0 Å². The average molecular weight is 225 g/mol. The lowest BCUT2D eigenvalue weighted by molar-refractivity contribution is -0.346. The number of hydrogen-bond acceptors (Lipinski definition) is 2. The van der Waals surface area contributed by atoms with Gasteiger partial charge in [0.2, 0.25) is 0 Å². The van der Waals surface area contributed by atoms with Crippen LogP contribution in [0.5, 0.6) is 0 Å². The Bertz CT molecular complexity index is 239. The summed E-state index contributed by atoms with van der Waals surface area (Å²) in [6.45, 7) is 9.61. The van der Waals surface area contributed by atoms with Gasteiger partial charge in [-0.05, 0) is 32.6 Å². The van der Waals surface area contributed by atoms with Crippen molar-refractivity contribution in [1.82, 2.24) is 0 Å². The second-order valence-corrected chi connectivity index (χ2v) is 6.12. The lowest BCUT2D eigenvalue weighted by Crippen LogP contribution is -2.56. The Morgan fingerprint density at radius 2 is 1.69 bits per heavy atom. The van der Waals surface area contributed by atoms with E-state index in [1.165, 1.54) is 25.2 Å². The molecule has 0 amide bonds. The normalized spacial score (nSPS) is 33.2. The Hall–Kier alpha value is -0.0800. The van der Waals surface area contributed by atoms with Gasteiger partial charge in [0, 0.05) is 18.8 Å². The van der Waals surface area contributed by atoms with Gasteiger partial charge in [-0.3, -0.25) is 0 Å². The van der Waals surface area contributed by atoms with Crippen LogP contribution in [-0.4, -0.2) is 18.0 Å². The summed E-state index contributed by atoms with van der Waals surface area (Å²) in [6, 6.07) is 0. The molecule has 1 radical (unpaired) electrons. The molecule has 0 aromatic carbocycles. The summed E-state index contributed by atoms with van der Waals surface area (Å²) in [6.07, 6.45) is 5.97. The largest absolute Gasteiger partial charge is 0.349 e. The van der Waals surface area contributed by atoms with E-state index in [9.17, 15) is 0 Å². The van der Waals surface area contributed by atoms with Gasteiger partial charge in [-0.1, -0.05) is 20.3 Å². The van der Waals surface area contributed by atoms with Gasteiger partial charge in [-0.25, -0.2) is 0 Å². The highest BCUT2D eigenvalue weighted by Crippen LogP contribution is 2.44. The Balaban J connectivity index is 2.08. The standard InChI is InChI=1S/C14H25O2/c1-11(2)12-10-15-14(16-13(12,3)4)8-6-5-7-9-14/h12H,5-10H2,1-4H3. The van der Waals surface area contributed by atoms with E-state index in [1.807, 2.05) is 0 Å². The summed E-state index contributed by atoms with van der Waals surface area (Å²) in [5, 5.41) is 0. The second-order valence-electron chi connectivity index (χ2n) is 6.12. The molecule has 1 aliphatic heterocycles. The second kappa shape index (κ2) is 4.30. The van der Waals surface area contributed by atoms with Crippen LogP contribution in [0.25, 0.3) is 0 Å². The SMILES string of the molecule is C[C](C)C1COC2(CCCCC2)OC1(C)C. The van der Waals surface area contributed by atoms with Crippen LogP contribution < -0.4 is 0 Å². The van der Waals surface area contributed by atoms with E-state index < -0.39 is 0 Å². The summed E-state index contributed by atoms with van der Waals surface area (Å²) < 4.78 is 12.4. The first-order valence-electron chi connectivity index (χ1n) is 6.59. The molecule has 16 heavy (non-hydrogen) atoms. The zero-order valence-electron chi connectivity index (χ0n) is 11.1. The highest BCUT2D eigenvalue weighted by Gasteiger charge is 2.48. The number of rotatable bonds is 1. The molecule has 0 bridgehead atoms. The van der Waals surface area contributed by atoms with Crippen molar-refractivity contribution in [1.29, 1.82) is 0 Å². The highest BCUT2D eigenvalue weighted by atomic mass is 16.7. The van der Waals surface area contributed by atoms with Crippen molar-refractivity contribution in [2.24, 2.45) is 5.92 Å². The maximum atomic E-state index is 6.33. The first kappa shape index (κ1) is 12.4. The van der Waals surface area contributed by atoms with Gasteiger partial charge in [0.25, 0.3) is 0 Å². The van der Waals surface area contributed by atoms with E-state index in [0.29, 0.717) is 5.92 Å². The molecule has 1 atom stereocenters. The summed E-state index contributed by atoms with van der Waals surface area (Å²) in [5.74, 6) is 1.59. The van der Waals surface area contributed by atoms with Gasteiger partial charge in [0.05, 0.1) is 12.2 Å². The van der Waals surface area contributed by atoms with Crippen LogP contribution in [0.4, 0.5) is 0 Å². The van der Waals surface area contributed by atoms with E-state index in [1.54, 1.807) is 0 Å². The van der Waals surface area contributed by atoms with Crippen LogP contribution in [0.1, 0.15) is 59.8 Å². The van der Waals surface area contributed by atoms with Crippen LogP contribution >= 0.6 is 0 Å². The highest BCUT2D eigenvalue weighted by molar-refractivity contribution is 5.01. The Labute approximate surface area is 99.7 Å². The maximum Gasteiger partial charge on any atom is 0.169 e. The van der Waals surface area contributed by atoms with Crippen molar-refractivity contribution in [3.8, 4) is 0 Å². The van der Waals surface area contributed by atoms with Crippen LogP contribution in [-0.2, 0) is 9.47 Å². The number of hydrogen-bond donors (Lipinski definition) is 0. The van der Waals surface area contributed by atoms with E-state index in [-0.39, 0.29) is 11.4 Å². The first-order chi connectivity index (χ1) is 7.45. The molecule has 1 saturated carbocycles. The molecule has 0 aromatic heterocycles. The molecule has 1 heterocycles. The zero-order valence-corrected chi connectivity index (χ0v) is 11.1. The minimum atomic E-state index is -0.256. The van der Waals surface area contributed by atoms with Gasteiger partial charge < -0.3 is 9.47 Å². The van der Waals surface area contributed by atoms with Crippen molar-refractivity contribution >= 4 is 0 Å². The smallest absolute Gasteiger partial charge is 0.169 e. The van der Waals surface area contributed by atoms with E-state index in [0.717, 1.165) is 19.4 Å². The topological polar surface area (TPSA) is 18.5 Å². The van der Waals surface area contributed by atoms with Crippen molar-refractivity contribution in [3.05, 3.63) is 5.92 Å². The Morgan fingerprint density at radius 3 is 2.19 bits per heavy atom. The van der Waals surface area contributed by atoms with Crippen molar-refractivity contribution in [2.75, 3.05) is 6.61 Å². The number of ether oxygens (including phenoxy) is 2. The zero-order chi connectivity index (χ0) is 11.8. The van der Waals surface area contributed by atoms with Gasteiger partial charge in [-0.2, -0.15) is 0 Å². The third-order valence-electron chi connectivity index (χ3n) is 4.11. The molecule has 2 nitrogen and oxygen atoms in total. The molecule has 0 N–H and O–H groups in total. The fourth-order valence-electron chi connectivity index (χ4n) is 3.21. The van der Waals surface area contributed by atoms with Gasteiger partial charge >= 0.3 is 0 Å².